The van der Waals surface area contributed by atoms with Gasteiger partial charge in [0.2, 0.25) is 0 Å². The first kappa shape index (κ1) is 30.0. The van der Waals surface area contributed by atoms with Gasteiger partial charge in [-0.1, -0.05) is 169 Å². The smallest absolute Gasteiger partial charge is 0.131 e. The Morgan fingerprint density at radius 3 is 1.83 bits per heavy atom. The van der Waals surface area contributed by atoms with E-state index in [9.17, 15) is 0 Å². The average Bonchev–Trinajstić information content (AvgIpc) is 3.87. The number of fused-ring (bicyclic) bond motifs is 10. The first-order valence-corrected chi connectivity index (χ1v) is 19.4. The van der Waals surface area contributed by atoms with Gasteiger partial charge in [-0.05, 0) is 80.9 Å². The van der Waals surface area contributed by atoms with Gasteiger partial charge in [0.15, 0.2) is 0 Å². The van der Waals surface area contributed by atoms with Crippen molar-refractivity contribution >= 4 is 44.6 Å². The maximum absolute atomic E-state index is 2.54. The van der Waals surface area contributed by atoms with Crippen molar-refractivity contribution in [2.75, 3.05) is 0 Å². The second-order valence-corrected chi connectivity index (χ2v) is 15.5. The third-order valence-electron chi connectivity index (χ3n) is 11.8. The number of rotatable bonds is 4. The van der Waals surface area contributed by atoms with Crippen LogP contribution in [0.25, 0.3) is 66.5 Å². The van der Waals surface area contributed by atoms with E-state index in [0.717, 1.165) is 5.69 Å². The fourth-order valence-corrected chi connectivity index (χ4v) is 10.8. The van der Waals surface area contributed by atoms with Crippen LogP contribution in [0.15, 0.2) is 204 Å². The van der Waals surface area contributed by atoms with Crippen LogP contribution in [0.2, 0.25) is 0 Å². The molecule has 0 atom stereocenters. The van der Waals surface area contributed by atoms with Crippen molar-refractivity contribution in [3.05, 3.63) is 216 Å². The molecule has 0 saturated heterocycles. The van der Waals surface area contributed by atoms with Crippen molar-refractivity contribution in [2.24, 2.45) is 0 Å². The van der Waals surface area contributed by atoms with Crippen molar-refractivity contribution in [1.82, 2.24) is 9.13 Å². The van der Waals surface area contributed by atoms with E-state index >= 15 is 0 Å². The molecule has 2 nitrogen and oxygen atoms in total. The van der Waals surface area contributed by atoms with Crippen LogP contribution in [0.5, 0.6) is 0 Å². The molecular formula is C51H32N2S. The lowest BCUT2D eigenvalue weighted by Crippen LogP contribution is -2.28. The Bertz CT molecular complexity index is 3090. The van der Waals surface area contributed by atoms with Gasteiger partial charge in [0, 0.05) is 31.6 Å². The van der Waals surface area contributed by atoms with Crippen LogP contribution in [0.3, 0.4) is 0 Å². The fraction of sp³-hybridized carbons (Fsp3) is 0.0196. The van der Waals surface area contributed by atoms with Gasteiger partial charge in [-0.15, -0.1) is 0 Å². The Labute approximate surface area is 317 Å². The minimum absolute atomic E-state index is 0.490. The molecule has 3 heteroatoms. The van der Waals surface area contributed by atoms with Gasteiger partial charge < -0.3 is 0 Å². The average molecular weight is 705 g/mol. The molecule has 0 radical (unpaired) electrons. The molecule has 0 saturated carbocycles. The molecule has 12 rings (SSSR count). The molecule has 1 aliphatic carbocycles. The molecular weight excluding hydrogens is 673 g/mol. The highest BCUT2D eigenvalue weighted by Crippen LogP contribution is 2.57. The Kier molecular flexibility index (Phi) is 6.23. The number of para-hydroxylation sites is 2. The predicted molar refractivity (Wildman–Crippen MR) is 224 cm³/mol. The van der Waals surface area contributed by atoms with E-state index in [-0.39, 0.29) is 0 Å². The summed E-state index contributed by atoms with van der Waals surface area (Å²) < 4.78 is 5.09. The molecule has 2 aliphatic rings. The van der Waals surface area contributed by atoms with Crippen molar-refractivity contribution in [3.63, 3.8) is 0 Å². The zero-order valence-corrected chi connectivity index (χ0v) is 30.1. The van der Waals surface area contributed by atoms with E-state index < -0.39 is 5.41 Å². The Balaban J connectivity index is 1.24. The highest BCUT2D eigenvalue weighted by atomic mass is 32.2. The van der Waals surface area contributed by atoms with Gasteiger partial charge in [-0.25, -0.2) is 0 Å². The molecule has 0 amide bonds. The Morgan fingerprint density at radius 1 is 0.426 bits per heavy atom. The largest absolute Gasteiger partial charge is 0.295 e. The number of nitrogens with zero attached hydrogens (tertiary/aromatic N) is 2. The summed E-state index contributed by atoms with van der Waals surface area (Å²) in [6, 6.07) is 71.9. The summed E-state index contributed by atoms with van der Waals surface area (Å²) in [4.78, 5) is 2.56. The van der Waals surface area contributed by atoms with Gasteiger partial charge in [-0.2, -0.15) is 0 Å². The highest BCUT2D eigenvalue weighted by molar-refractivity contribution is 7.99. The summed E-state index contributed by atoms with van der Waals surface area (Å²) in [7, 11) is 0. The summed E-state index contributed by atoms with van der Waals surface area (Å²) in [6.45, 7) is 0. The molecule has 0 spiro atoms. The lowest BCUT2D eigenvalue weighted by molar-refractivity contribution is 0.767. The molecule has 3 heterocycles. The maximum Gasteiger partial charge on any atom is 0.131 e. The third kappa shape index (κ3) is 3.86. The van der Waals surface area contributed by atoms with E-state index in [1.54, 1.807) is 0 Å². The summed E-state index contributed by atoms with van der Waals surface area (Å²) in [5, 5.41) is 3.86. The quantitative estimate of drug-likeness (QED) is 0.177. The normalized spacial score (nSPS) is 13.6. The minimum Gasteiger partial charge on any atom is -0.295 e. The molecule has 2 aromatic heterocycles. The van der Waals surface area contributed by atoms with Crippen LogP contribution >= 0.6 is 11.8 Å². The topological polar surface area (TPSA) is 9.86 Å². The molecule has 0 N–H and O–H groups in total. The zero-order chi connectivity index (χ0) is 35.4. The van der Waals surface area contributed by atoms with E-state index in [1.807, 2.05) is 11.8 Å². The molecule has 1 aliphatic heterocycles. The molecule has 252 valence electrons. The van der Waals surface area contributed by atoms with Crippen LogP contribution in [0.1, 0.15) is 22.3 Å². The molecule has 8 aromatic carbocycles. The SMILES string of the molecule is c1ccc(-c2cccc3c2c2c4cccc5c4n(c2n3-c2cccc(C3(c4ccccc4)c4ccccc4-c4ccccc43)c2)-c2ccccc2S5)cc1. The standard InChI is InChI=1S/C51H32N2S/c1-3-16-33(17-4-1)37-24-14-29-44-47(37)48-40-25-15-31-46-49(40)53(43-28-11-12-30-45(43)54-46)50(48)52(44)36-21-13-20-35(32-36)51(34-18-5-2-6-19-34)41-26-9-7-22-38(41)39-23-8-10-27-42(39)51/h1-32H. The number of aromatic nitrogens is 2. The summed E-state index contributed by atoms with van der Waals surface area (Å²) in [5.41, 5.74) is 15.8. The van der Waals surface area contributed by atoms with E-state index in [2.05, 4.69) is 203 Å². The fourth-order valence-electron chi connectivity index (χ4n) is 9.73. The Morgan fingerprint density at radius 2 is 1.04 bits per heavy atom. The zero-order valence-electron chi connectivity index (χ0n) is 29.3. The van der Waals surface area contributed by atoms with Crippen LogP contribution in [-0.2, 0) is 5.41 Å². The van der Waals surface area contributed by atoms with Gasteiger partial charge in [0.05, 0.1) is 22.1 Å². The Hall–Kier alpha value is -6.55. The van der Waals surface area contributed by atoms with Crippen molar-refractivity contribution in [3.8, 4) is 33.6 Å². The van der Waals surface area contributed by atoms with E-state index in [0.29, 0.717) is 0 Å². The lowest BCUT2D eigenvalue weighted by atomic mass is 9.67. The highest BCUT2D eigenvalue weighted by Gasteiger charge is 2.46. The maximum atomic E-state index is 2.54. The first-order valence-electron chi connectivity index (χ1n) is 18.6. The lowest BCUT2D eigenvalue weighted by Gasteiger charge is -2.34. The van der Waals surface area contributed by atoms with Crippen molar-refractivity contribution in [1.29, 1.82) is 0 Å². The number of hydrogen-bond donors (Lipinski definition) is 0. The summed E-state index contributed by atoms with van der Waals surface area (Å²) in [6.07, 6.45) is 0. The second-order valence-electron chi connectivity index (χ2n) is 14.4. The van der Waals surface area contributed by atoms with E-state index in [4.69, 9.17) is 0 Å². The molecule has 0 bridgehead atoms. The van der Waals surface area contributed by atoms with Gasteiger partial charge >= 0.3 is 0 Å². The van der Waals surface area contributed by atoms with Crippen LogP contribution in [-0.4, -0.2) is 9.13 Å². The summed E-state index contributed by atoms with van der Waals surface area (Å²) in [5.74, 6) is 0. The molecule has 0 unspecified atom stereocenters. The molecule has 10 aromatic rings. The number of hydrogen-bond acceptors (Lipinski definition) is 1. The monoisotopic (exact) mass is 704 g/mol. The van der Waals surface area contributed by atoms with Crippen molar-refractivity contribution < 1.29 is 0 Å². The van der Waals surface area contributed by atoms with Crippen molar-refractivity contribution in [2.45, 2.75) is 15.2 Å². The van der Waals surface area contributed by atoms with Crippen LogP contribution < -0.4 is 0 Å². The van der Waals surface area contributed by atoms with Gasteiger partial charge in [0.1, 0.15) is 5.65 Å². The van der Waals surface area contributed by atoms with Gasteiger partial charge in [-0.3, -0.25) is 9.13 Å². The summed E-state index contributed by atoms with van der Waals surface area (Å²) >= 11 is 1.87. The van der Waals surface area contributed by atoms with Gasteiger partial charge in [0.25, 0.3) is 0 Å². The predicted octanol–water partition coefficient (Wildman–Crippen LogP) is 13.2. The molecule has 54 heavy (non-hydrogen) atoms. The first-order chi connectivity index (χ1) is 26.8. The van der Waals surface area contributed by atoms with Crippen LogP contribution in [0, 0.1) is 0 Å². The molecule has 0 fully saturated rings. The number of benzene rings is 8. The van der Waals surface area contributed by atoms with E-state index in [1.165, 1.54) is 92.8 Å². The minimum atomic E-state index is -0.490. The van der Waals surface area contributed by atoms with Crippen LogP contribution in [0.4, 0.5) is 0 Å². The third-order valence-corrected chi connectivity index (χ3v) is 12.9. The second kappa shape index (κ2) is 11.2.